The van der Waals surface area contributed by atoms with E-state index < -0.39 is 0 Å². The smallest absolute Gasteiger partial charge is 0.276 e. The van der Waals surface area contributed by atoms with Crippen LogP contribution in [0.4, 0.5) is 5.69 Å². The lowest BCUT2D eigenvalue weighted by Gasteiger charge is -2.14. The second kappa shape index (κ2) is 7.02. The highest BCUT2D eigenvalue weighted by Crippen LogP contribution is 2.23. The summed E-state index contributed by atoms with van der Waals surface area (Å²) in [6, 6.07) is 4.76. The number of nitrogens with zero attached hydrogens (tertiary/aromatic N) is 1. The zero-order chi connectivity index (χ0) is 17.1. The molecule has 8 heteroatoms. The minimum Gasteiger partial charge on any atom is -0.352 e. The Bertz CT molecular complexity index is 787. The van der Waals surface area contributed by atoms with Crippen LogP contribution in [0.25, 0.3) is 0 Å². The van der Waals surface area contributed by atoms with Crippen LogP contribution in [0.15, 0.2) is 18.2 Å². The van der Waals surface area contributed by atoms with E-state index in [9.17, 15) is 9.59 Å². The fraction of sp³-hybridized carbons (Fsp3) is 0.312. The molecule has 2 heterocycles. The summed E-state index contributed by atoms with van der Waals surface area (Å²) in [6.07, 6.45) is 0.803. The molecule has 0 fully saturated rings. The van der Waals surface area contributed by atoms with Crippen LogP contribution in [-0.4, -0.2) is 35.1 Å². The van der Waals surface area contributed by atoms with Crippen LogP contribution in [0, 0.1) is 0 Å². The number of carbonyl (C=O) groups excluding carboxylic acids is 2. The first-order chi connectivity index (χ1) is 11.6. The molecule has 1 aliphatic heterocycles. The number of anilines is 1. The van der Waals surface area contributed by atoms with Gasteiger partial charge in [0.15, 0.2) is 5.69 Å². The van der Waals surface area contributed by atoms with Gasteiger partial charge in [0.1, 0.15) is 0 Å². The minimum atomic E-state index is -0.371. The number of hydrogen-bond donors (Lipinski definition) is 4. The Labute approximate surface area is 144 Å². The predicted molar refractivity (Wildman–Crippen MR) is 91.4 cm³/mol. The van der Waals surface area contributed by atoms with Crippen LogP contribution < -0.4 is 16.0 Å². The van der Waals surface area contributed by atoms with Crippen molar-refractivity contribution in [3.05, 3.63) is 45.7 Å². The molecule has 1 aromatic heterocycles. The first kappa shape index (κ1) is 16.5. The van der Waals surface area contributed by atoms with Crippen molar-refractivity contribution in [2.75, 3.05) is 18.4 Å². The van der Waals surface area contributed by atoms with E-state index in [0.717, 1.165) is 24.2 Å². The molecule has 1 aromatic carbocycles. The largest absolute Gasteiger partial charge is 0.352 e. The SMILES string of the molecule is CCNC(=O)c1ccc(Cl)cc1NC(=O)c1n[nH]c2c1CNCC2. The molecule has 0 saturated carbocycles. The monoisotopic (exact) mass is 347 g/mol. The first-order valence-corrected chi connectivity index (χ1v) is 8.14. The van der Waals surface area contributed by atoms with Gasteiger partial charge >= 0.3 is 0 Å². The summed E-state index contributed by atoms with van der Waals surface area (Å²) in [6.45, 7) is 3.77. The van der Waals surface area contributed by atoms with Crippen molar-refractivity contribution in [2.45, 2.75) is 19.9 Å². The molecule has 2 amide bonds. The third kappa shape index (κ3) is 3.27. The number of carbonyl (C=O) groups is 2. The van der Waals surface area contributed by atoms with E-state index in [1.807, 2.05) is 6.92 Å². The maximum absolute atomic E-state index is 12.6. The van der Waals surface area contributed by atoms with E-state index in [-0.39, 0.29) is 11.8 Å². The normalized spacial score (nSPS) is 13.2. The summed E-state index contributed by atoms with van der Waals surface area (Å²) in [4.78, 5) is 24.7. The number of nitrogens with one attached hydrogen (secondary N) is 4. The average molecular weight is 348 g/mol. The minimum absolute atomic E-state index is 0.268. The molecule has 0 unspecified atom stereocenters. The molecule has 24 heavy (non-hydrogen) atoms. The second-order valence-electron chi connectivity index (χ2n) is 5.46. The molecule has 0 bridgehead atoms. The Morgan fingerprint density at radius 1 is 1.33 bits per heavy atom. The van der Waals surface area contributed by atoms with Crippen molar-refractivity contribution < 1.29 is 9.59 Å². The Balaban J connectivity index is 1.88. The van der Waals surface area contributed by atoms with Crippen LogP contribution in [0.1, 0.15) is 39.0 Å². The zero-order valence-electron chi connectivity index (χ0n) is 13.2. The lowest BCUT2D eigenvalue weighted by molar-refractivity contribution is 0.0956. The number of benzene rings is 1. The molecule has 4 N–H and O–H groups in total. The topological polar surface area (TPSA) is 98.9 Å². The third-order valence-electron chi connectivity index (χ3n) is 3.83. The van der Waals surface area contributed by atoms with E-state index in [4.69, 9.17) is 11.6 Å². The molecule has 0 atom stereocenters. The molecule has 7 nitrogen and oxygen atoms in total. The first-order valence-electron chi connectivity index (χ1n) is 7.76. The number of aromatic nitrogens is 2. The van der Waals surface area contributed by atoms with Crippen LogP contribution in [-0.2, 0) is 13.0 Å². The summed E-state index contributed by atoms with van der Waals surface area (Å²) in [5.74, 6) is -0.640. The van der Waals surface area contributed by atoms with Crippen LogP contribution in [0.2, 0.25) is 5.02 Å². The predicted octanol–water partition coefficient (Wildman–Crippen LogP) is 1.71. The van der Waals surface area contributed by atoms with Crippen molar-refractivity contribution in [3.8, 4) is 0 Å². The van der Waals surface area contributed by atoms with Gasteiger partial charge in [-0.2, -0.15) is 5.10 Å². The van der Waals surface area contributed by atoms with E-state index in [2.05, 4.69) is 26.1 Å². The third-order valence-corrected chi connectivity index (χ3v) is 4.07. The van der Waals surface area contributed by atoms with Gasteiger partial charge < -0.3 is 16.0 Å². The average Bonchev–Trinajstić information content (AvgIpc) is 2.99. The van der Waals surface area contributed by atoms with Gasteiger partial charge in [-0.05, 0) is 25.1 Å². The number of hydrogen-bond acceptors (Lipinski definition) is 4. The maximum Gasteiger partial charge on any atom is 0.276 e. The Morgan fingerprint density at radius 2 is 2.17 bits per heavy atom. The van der Waals surface area contributed by atoms with Gasteiger partial charge in [-0.15, -0.1) is 0 Å². The lowest BCUT2D eigenvalue weighted by atomic mass is 10.1. The van der Waals surface area contributed by atoms with Crippen LogP contribution in [0.3, 0.4) is 0 Å². The zero-order valence-corrected chi connectivity index (χ0v) is 14.0. The summed E-state index contributed by atoms with van der Waals surface area (Å²) in [5.41, 5.74) is 2.88. The highest BCUT2D eigenvalue weighted by Gasteiger charge is 2.23. The highest BCUT2D eigenvalue weighted by molar-refractivity contribution is 6.31. The van der Waals surface area contributed by atoms with E-state index in [0.29, 0.717) is 35.1 Å². The molecular formula is C16H18ClN5O2. The van der Waals surface area contributed by atoms with Gasteiger partial charge in [-0.1, -0.05) is 11.6 Å². The van der Waals surface area contributed by atoms with Gasteiger partial charge in [0.25, 0.3) is 11.8 Å². The molecular weight excluding hydrogens is 330 g/mol. The fourth-order valence-electron chi connectivity index (χ4n) is 2.67. The summed E-state index contributed by atoms with van der Waals surface area (Å²) < 4.78 is 0. The molecule has 126 valence electrons. The van der Waals surface area contributed by atoms with Crippen molar-refractivity contribution in [1.29, 1.82) is 0 Å². The number of aromatic amines is 1. The summed E-state index contributed by atoms with van der Waals surface area (Å²) in [7, 11) is 0. The fourth-order valence-corrected chi connectivity index (χ4v) is 2.84. The van der Waals surface area contributed by atoms with E-state index in [1.54, 1.807) is 18.2 Å². The number of fused-ring (bicyclic) bond motifs is 1. The molecule has 0 saturated heterocycles. The second-order valence-corrected chi connectivity index (χ2v) is 5.90. The molecule has 2 aromatic rings. The molecule has 0 radical (unpaired) electrons. The van der Waals surface area contributed by atoms with Gasteiger partial charge in [-0.3, -0.25) is 14.7 Å². The van der Waals surface area contributed by atoms with Gasteiger partial charge in [0.2, 0.25) is 0 Å². The van der Waals surface area contributed by atoms with Crippen LogP contribution in [0.5, 0.6) is 0 Å². The molecule has 3 rings (SSSR count). The van der Waals surface area contributed by atoms with Crippen molar-refractivity contribution in [1.82, 2.24) is 20.8 Å². The standard InChI is InChI=1S/C16H18ClN5O2/c1-2-19-15(23)10-4-3-9(17)7-13(10)20-16(24)14-11-8-18-6-5-12(11)21-22-14/h3-4,7,18H,2,5-6,8H2,1H3,(H,19,23)(H,20,24)(H,21,22). The lowest BCUT2D eigenvalue weighted by Crippen LogP contribution is -2.27. The molecule has 0 spiro atoms. The Morgan fingerprint density at radius 3 is 2.96 bits per heavy atom. The van der Waals surface area contributed by atoms with Gasteiger partial charge in [-0.25, -0.2) is 0 Å². The summed E-state index contributed by atoms with van der Waals surface area (Å²) in [5, 5.41) is 16.1. The van der Waals surface area contributed by atoms with Crippen molar-refractivity contribution in [3.63, 3.8) is 0 Å². The Kier molecular flexibility index (Phi) is 4.82. The maximum atomic E-state index is 12.6. The van der Waals surface area contributed by atoms with Crippen LogP contribution >= 0.6 is 11.6 Å². The molecule has 1 aliphatic rings. The number of amides is 2. The number of rotatable bonds is 4. The summed E-state index contributed by atoms with van der Waals surface area (Å²) >= 11 is 6.01. The number of H-pyrrole nitrogens is 1. The van der Waals surface area contributed by atoms with E-state index >= 15 is 0 Å². The van der Waals surface area contributed by atoms with Crippen molar-refractivity contribution in [2.24, 2.45) is 0 Å². The highest BCUT2D eigenvalue weighted by atomic mass is 35.5. The quantitative estimate of drug-likeness (QED) is 0.676. The molecule has 0 aliphatic carbocycles. The van der Waals surface area contributed by atoms with E-state index in [1.165, 1.54) is 0 Å². The van der Waals surface area contributed by atoms with Gasteiger partial charge in [0.05, 0.1) is 11.3 Å². The van der Waals surface area contributed by atoms with Gasteiger partial charge in [0, 0.05) is 42.3 Å². The number of halogens is 1. The van der Waals surface area contributed by atoms with Crippen molar-refractivity contribution >= 4 is 29.1 Å². The Hall–Kier alpha value is -2.38.